The van der Waals surface area contributed by atoms with Gasteiger partial charge in [-0.15, -0.1) is 0 Å². The number of rotatable bonds is 6. The predicted molar refractivity (Wildman–Crippen MR) is 109 cm³/mol. The van der Waals surface area contributed by atoms with Crippen LogP contribution in [0.4, 0.5) is 5.69 Å². The van der Waals surface area contributed by atoms with Gasteiger partial charge < -0.3 is 10.1 Å². The minimum absolute atomic E-state index is 0.0917. The van der Waals surface area contributed by atoms with Gasteiger partial charge in [-0.2, -0.15) is 0 Å². The maximum Gasteiger partial charge on any atom is 0.262 e. The fraction of sp³-hybridized carbons (Fsp3) is 0.250. The molecule has 27 heavy (non-hydrogen) atoms. The van der Waals surface area contributed by atoms with Gasteiger partial charge >= 0.3 is 0 Å². The summed E-state index contributed by atoms with van der Waals surface area (Å²) in [5, 5.41) is 3.56. The van der Waals surface area contributed by atoms with E-state index in [0.29, 0.717) is 34.0 Å². The zero-order valence-electron chi connectivity index (χ0n) is 15.4. The Balaban J connectivity index is 1.83. The van der Waals surface area contributed by atoms with Crippen LogP contribution in [0.25, 0.3) is 10.9 Å². The number of ether oxygens (including phenoxy) is 1. The van der Waals surface area contributed by atoms with Gasteiger partial charge in [-0.3, -0.25) is 14.2 Å². The van der Waals surface area contributed by atoms with Gasteiger partial charge in [0.25, 0.3) is 5.56 Å². The van der Waals surface area contributed by atoms with Crippen LogP contribution in [-0.2, 0) is 11.3 Å². The zero-order chi connectivity index (χ0) is 19.4. The van der Waals surface area contributed by atoms with Crippen LogP contribution in [0.3, 0.4) is 0 Å². The molecule has 7 heteroatoms. The van der Waals surface area contributed by atoms with Crippen molar-refractivity contribution in [2.75, 3.05) is 12.4 Å². The molecule has 1 atom stereocenters. The molecule has 1 aromatic heterocycles. The van der Waals surface area contributed by atoms with E-state index in [1.807, 2.05) is 37.3 Å². The van der Waals surface area contributed by atoms with Crippen molar-refractivity contribution < 1.29 is 9.53 Å². The van der Waals surface area contributed by atoms with Gasteiger partial charge in [0.2, 0.25) is 5.91 Å². The van der Waals surface area contributed by atoms with Crippen LogP contribution in [0.15, 0.2) is 58.5 Å². The molecule has 0 radical (unpaired) electrons. The van der Waals surface area contributed by atoms with E-state index in [4.69, 9.17) is 4.74 Å². The van der Waals surface area contributed by atoms with Crippen molar-refractivity contribution in [1.29, 1.82) is 0 Å². The molecule has 0 spiro atoms. The molecule has 0 aliphatic carbocycles. The molecular formula is C20H21N3O3S. The molecule has 3 aromatic rings. The van der Waals surface area contributed by atoms with Gasteiger partial charge in [-0.1, -0.05) is 30.0 Å². The number of carbonyl (C=O) groups is 1. The quantitative estimate of drug-likeness (QED) is 0.521. The summed E-state index contributed by atoms with van der Waals surface area (Å²) < 4.78 is 6.77. The van der Waals surface area contributed by atoms with Crippen molar-refractivity contribution in [2.45, 2.75) is 30.8 Å². The van der Waals surface area contributed by atoms with Gasteiger partial charge in [0.15, 0.2) is 5.16 Å². The van der Waals surface area contributed by atoms with Crippen molar-refractivity contribution in [1.82, 2.24) is 9.55 Å². The van der Waals surface area contributed by atoms with Gasteiger partial charge in [-0.25, -0.2) is 4.98 Å². The molecular weight excluding hydrogens is 362 g/mol. The summed E-state index contributed by atoms with van der Waals surface area (Å²) in [7, 11) is 1.58. The Hall–Kier alpha value is -2.80. The highest BCUT2D eigenvalue weighted by atomic mass is 32.2. The van der Waals surface area contributed by atoms with Gasteiger partial charge in [-0.05, 0) is 38.1 Å². The van der Waals surface area contributed by atoms with Crippen molar-refractivity contribution in [3.05, 3.63) is 58.9 Å². The molecule has 140 valence electrons. The Labute approximate surface area is 161 Å². The summed E-state index contributed by atoms with van der Waals surface area (Å²) in [6.45, 7) is 4.17. The van der Waals surface area contributed by atoms with E-state index < -0.39 is 5.25 Å². The third-order valence-corrected chi connectivity index (χ3v) is 5.22. The number of nitrogens with one attached hydrogen (secondary N) is 1. The van der Waals surface area contributed by atoms with Gasteiger partial charge in [0, 0.05) is 18.3 Å². The third-order valence-electron chi connectivity index (χ3n) is 4.13. The minimum atomic E-state index is -0.429. The Bertz CT molecular complexity index is 1030. The smallest absolute Gasteiger partial charge is 0.262 e. The second kappa shape index (κ2) is 8.26. The number of carbonyl (C=O) groups excluding carboxylic acids is 1. The number of hydrogen-bond acceptors (Lipinski definition) is 5. The molecule has 1 heterocycles. The summed E-state index contributed by atoms with van der Waals surface area (Å²) in [5.74, 6) is 0.502. The molecule has 0 saturated carbocycles. The topological polar surface area (TPSA) is 73.2 Å². The average Bonchev–Trinajstić information content (AvgIpc) is 2.68. The fourth-order valence-electron chi connectivity index (χ4n) is 2.67. The summed E-state index contributed by atoms with van der Waals surface area (Å²) in [6.07, 6.45) is 0. The lowest BCUT2D eigenvalue weighted by atomic mass is 10.2. The van der Waals surface area contributed by atoms with Crippen LogP contribution < -0.4 is 15.6 Å². The van der Waals surface area contributed by atoms with Crippen molar-refractivity contribution in [3.8, 4) is 5.75 Å². The van der Waals surface area contributed by atoms with Crippen LogP contribution in [0.5, 0.6) is 5.75 Å². The van der Waals surface area contributed by atoms with E-state index in [-0.39, 0.29) is 11.5 Å². The van der Waals surface area contributed by atoms with E-state index in [9.17, 15) is 9.59 Å². The first-order valence-corrected chi connectivity index (χ1v) is 9.52. The first-order valence-electron chi connectivity index (χ1n) is 8.64. The lowest BCUT2D eigenvalue weighted by molar-refractivity contribution is -0.115. The highest BCUT2D eigenvalue weighted by Crippen LogP contribution is 2.24. The molecule has 0 aliphatic heterocycles. The molecule has 1 amide bonds. The molecule has 0 fully saturated rings. The Kier molecular flexibility index (Phi) is 5.81. The number of para-hydroxylation sites is 1. The predicted octanol–water partition coefficient (Wildman–Crippen LogP) is 3.54. The van der Waals surface area contributed by atoms with Crippen molar-refractivity contribution in [3.63, 3.8) is 0 Å². The lowest BCUT2D eigenvalue weighted by Crippen LogP contribution is -2.26. The van der Waals surface area contributed by atoms with E-state index in [1.54, 1.807) is 36.8 Å². The number of thioether (sulfide) groups is 1. The van der Waals surface area contributed by atoms with Gasteiger partial charge in [0.1, 0.15) is 5.75 Å². The summed E-state index contributed by atoms with van der Waals surface area (Å²) in [4.78, 5) is 29.9. The lowest BCUT2D eigenvalue weighted by Gasteiger charge is -2.15. The standard InChI is InChI=1S/C20H21N3O3S/c1-4-23-19(25)16-10-5-6-11-17(16)22-20(23)27-13(2)18(24)21-14-8-7-9-15(12-14)26-3/h5-13H,4H2,1-3H3,(H,21,24)/t13-/m0/s1. The summed E-state index contributed by atoms with van der Waals surface area (Å²) >= 11 is 1.27. The van der Waals surface area contributed by atoms with Crippen LogP contribution in [0.1, 0.15) is 13.8 Å². The van der Waals surface area contributed by atoms with E-state index in [1.165, 1.54) is 11.8 Å². The highest BCUT2D eigenvalue weighted by Gasteiger charge is 2.19. The highest BCUT2D eigenvalue weighted by molar-refractivity contribution is 8.00. The maximum atomic E-state index is 12.7. The number of fused-ring (bicyclic) bond motifs is 1. The maximum absolute atomic E-state index is 12.7. The monoisotopic (exact) mass is 383 g/mol. The number of benzene rings is 2. The Morgan fingerprint density at radius 1 is 1.26 bits per heavy atom. The molecule has 1 N–H and O–H groups in total. The second-order valence-corrected chi connectivity index (χ2v) is 7.25. The summed E-state index contributed by atoms with van der Waals surface area (Å²) in [6, 6.07) is 14.4. The van der Waals surface area contributed by atoms with Crippen molar-refractivity contribution >= 4 is 34.3 Å². The first kappa shape index (κ1) is 19.0. The van der Waals surface area contributed by atoms with Crippen molar-refractivity contribution in [2.24, 2.45) is 0 Å². The minimum Gasteiger partial charge on any atom is -0.497 e. The number of amides is 1. The number of nitrogens with zero attached hydrogens (tertiary/aromatic N) is 2. The van der Waals surface area contributed by atoms with Crippen LogP contribution >= 0.6 is 11.8 Å². The summed E-state index contributed by atoms with van der Waals surface area (Å²) in [5.41, 5.74) is 1.20. The molecule has 0 bridgehead atoms. The Morgan fingerprint density at radius 2 is 2.04 bits per heavy atom. The first-order chi connectivity index (χ1) is 13.0. The van der Waals surface area contributed by atoms with Crippen LogP contribution in [-0.4, -0.2) is 27.8 Å². The average molecular weight is 383 g/mol. The third kappa shape index (κ3) is 4.14. The van der Waals surface area contributed by atoms with E-state index in [0.717, 1.165) is 0 Å². The molecule has 3 rings (SSSR count). The molecule has 6 nitrogen and oxygen atoms in total. The molecule has 0 unspecified atom stereocenters. The second-order valence-electron chi connectivity index (χ2n) is 5.94. The molecule has 0 aliphatic rings. The number of hydrogen-bond donors (Lipinski definition) is 1. The number of aromatic nitrogens is 2. The van der Waals surface area contributed by atoms with E-state index in [2.05, 4.69) is 10.3 Å². The SMILES string of the molecule is CCn1c(S[C@@H](C)C(=O)Nc2cccc(OC)c2)nc2ccccc2c1=O. The zero-order valence-corrected chi connectivity index (χ0v) is 16.2. The van der Waals surface area contributed by atoms with Crippen LogP contribution in [0, 0.1) is 0 Å². The number of methoxy groups -OCH3 is 1. The largest absolute Gasteiger partial charge is 0.497 e. The molecule has 2 aromatic carbocycles. The molecule has 0 saturated heterocycles. The van der Waals surface area contributed by atoms with E-state index >= 15 is 0 Å². The van der Waals surface area contributed by atoms with Gasteiger partial charge in [0.05, 0.1) is 23.3 Å². The Morgan fingerprint density at radius 3 is 2.78 bits per heavy atom. The normalized spacial score (nSPS) is 12.0. The fourth-order valence-corrected chi connectivity index (χ4v) is 3.65. The van der Waals surface area contributed by atoms with Crippen LogP contribution in [0.2, 0.25) is 0 Å². The number of anilines is 1.